The highest BCUT2D eigenvalue weighted by Gasteiger charge is 2.34. The molecule has 5 nitrogen and oxygen atoms in total. The number of carboxylic acid groups (broad SMARTS) is 1. The fraction of sp³-hybridized carbons (Fsp3) is 0.929. The number of carbonyl (C=O) groups is 1. The van der Waals surface area contributed by atoms with Gasteiger partial charge in [-0.15, -0.1) is 0 Å². The summed E-state index contributed by atoms with van der Waals surface area (Å²) in [7, 11) is 0. The van der Waals surface area contributed by atoms with Gasteiger partial charge in [-0.2, -0.15) is 0 Å². The van der Waals surface area contributed by atoms with E-state index < -0.39 is 17.7 Å². The topological polar surface area (TPSA) is 78.8 Å². The van der Waals surface area contributed by atoms with Crippen molar-refractivity contribution in [1.29, 1.82) is 0 Å². The van der Waals surface area contributed by atoms with E-state index in [2.05, 4.69) is 12.2 Å². The summed E-state index contributed by atoms with van der Waals surface area (Å²) in [5.74, 6) is -0.290. The summed E-state index contributed by atoms with van der Waals surface area (Å²) in [6.45, 7) is 3.39. The van der Waals surface area contributed by atoms with Crippen LogP contribution in [0.25, 0.3) is 0 Å². The second-order valence-corrected chi connectivity index (χ2v) is 6.22. The molecule has 1 aliphatic carbocycles. The molecule has 2 fully saturated rings. The quantitative estimate of drug-likeness (QED) is 0.699. The molecule has 0 aromatic rings. The van der Waals surface area contributed by atoms with Crippen molar-refractivity contribution in [2.24, 2.45) is 5.92 Å². The third-order valence-electron chi connectivity index (χ3n) is 4.28. The van der Waals surface area contributed by atoms with Crippen LogP contribution in [0, 0.1) is 5.92 Å². The number of hydrogen-bond donors (Lipinski definition) is 3. The van der Waals surface area contributed by atoms with Gasteiger partial charge in [-0.1, -0.05) is 19.8 Å². The normalized spacial score (nSPS) is 39.4. The molecule has 0 spiro atoms. The molecule has 0 amide bonds. The maximum absolute atomic E-state index is 10.8. The van der Waals surface area contributed by atoms with Crippen LogP contribution in [0.4, 0.5) is 0 Å². The Morgan fingerprint density at radius 2 is 2.21 bits per heavy atom. The van der Waals surface area contributed by atoms with E-state index >= 15 is 0 Å². The lowest BCUT2D eigenvalue weighted by atomic mass is 9.79. The molecule has 1 saturated carbocycles. The van der Waals surface area contributed by atoms with Gasteiger partial charge in [-0.25, -0.2) is 4.79 Å². The molecule has 0 aromatic heterocycles. The maximum Gasteiger partial charge on any atom is 0.332 e. The number of hydrogen-bond acceptors (Lipinski definition) is 4. The third kappa shape index (κ3) is 4.16. The van der Waals surface area contributed by atoms with Crippen LogP contribution in [0.5, 0.6) is 0 Å². The maximum atomic E-state index is 10.8. The number of ether oxygens (including phenoxy) is 1. The van der Waals surface area contributed by atoms with Crippen molar-refractivity contribution in [2.45, 2.75) is 63.3 Å². The first-order chi connectivity index (χ1) is 8.98. The van der Waals surface area contributed by atoms with Gasteiger partial charge in [-0.05, 0) is 31.6 Å². The zero-order valence-electron chi connectivity index (χ0n) is 11.6. The number of nitrogens with one attached hydrogen (secondary N) is 1. The van der Waals surface area contributed by atoms with Crippen LogP contribution >= 0.6 is 0 Å². The molecule has 0 aromatic carbocycles. The predicted octanol–water partition coefficient (Wildman–Crippen LogP) is 1.15. The lowest BCUT2D eigenvalue weighted by Crippen LogP contribution is -2.45. The summed E-state index contributed by atoms with van der Waals surface area (Å²) < 4.78 is 5.42. The summed E-state index contributed by atoms with van der Waals surface area (Å²) in [4.78, 5) is 10.8. The van der Waals surface area contributed by atoms with E-state index in [-0.39, 0.29) is 6.10 Å². The SMILES string of the molecule is CC1CCCC(O)(CNCC2CCC(C(=O)O)O2)C1. The zero-order valence-corrected chi connectivity index (χ0v) is 11.6. The largest absolute Gasteiger partial charge is 0.479 e. The summed E-state index contributed by atoms with van der Waals surface area (Å²) in [6, 6.07) is 0. The van der Waals surface area contributed by atoms with Crippen molar-refractivity contribution < 1.29 is 19.7 Å². The highest BCUT2D eigenvalue weighted by molar-refractivity contribution is 5.72. The molecule has 1 heterocycles. The molecule has 19 heavy (non-hydrogen) atoms. The van der Waals surface area contributed by atoms with E-state index in [0.29, 0.717) is 25.4 Å². The summed E-state index contributed by atoms with van der Waals surface area (Å²) in [5.41, 5.74) is -0.595. The Kier molecular flexibility index (Phi) is 4.81. The van der Waals surface area contributed by atoms with Crippen LogP contribution in [0.2, 0.25) is 0 Å². The minimum atomic E-state index is -0.873. The molecule has 2 rings (SSSR count). The predicted molar refractivity (Wildman–Crippen MR) is 71.0 cm³/mol. The van der Waals surface area contributed by atoms with Gasteiger partial charge in [0.05, 0.1) is 11.7 Å². The van der Waals surface area contributed by atoms with Crippen molar-refractivity contribution in [3.05, 3.63) is 0 Å². The van der Waals surface area contributed by atoms with Crippen LogP contribution in [-0.4, -0.2) is 47.1 Å². The molecule has 2 aliphatic rings. The monoisotopic (exact) mass is 271 g/mol. The molecule has 4 unspecified atom stereocenters. The van der Waals surface area contributed by atoms with Gasteiger partial charge in [0.1, 0.15) is 0 Å². The molecular formula is C14H25NO4. The Labute approximate surface area is 114 Å². The molecule has 1 aliphatic heterocycles. The smallest absolute Gasteiger partial charge is 0.332 e. The Bertz CT molecular complexity index is 323. The van der Waals surface area contributed by atoms with E-state index in [1.54, 1.807) is 0 Å². The van der Waals surface area contributed by atoms with Gasteiger partial charge < -0.3 is 20.3 Å². The molecular weight excluding hydrogens is 246 g/mol. The summed E-state index contributed by atoms with van der Waals surface area (Å²) in [5, 5.41) is 22.6. The first-order valence-electron chi connectivity index (χ1n) is 7.30. The summed E-state index contributed by atoms with van der Waals surface area (Å²) >= 11 is 0. The third-order valence-corrected chi connectivity index (χ3v) is 4.28. The number of aliphatic carboxylic acids is 1. The molecule has 5 heteroatoms. The second-order valence-electron chi connectivity index (χ2n) is 6.22. The van der Waals surface area contributed by atoms with E-state index in [1.807, 2.05) is 0 Å². The number of aliphatic hydroxyl groups is 1. The van der Waals surface area contributed by atoms with Crippen LogP contribution in [0.15, 0.2) is 0 Å². The Balaban J connectivity index is 1.68. The summed E-state index contributed by atoms with van der Waals surface area (Å²) in [6.07, 6.45) is 4.67. The fourth-order valence-corrected chi connectivity index (χ4v) is 3.30. The molecule has 1 saturated heterocycles. The molecule has 4 atom stereocenters. The van der Waals surface area contributed by atoms with E-state index in [1.165, 1.54) is 6.42 Å². The van der Waals surface area contributed by atoms with Gasteiger partial charge in [0.2, 0.25) is 0 Å². The average molecular weight is 271 g/mol. The highest BCUT2D eigenvalue weighted by Crippen LogP contribution is 2.31. The van der Waals surface area contributed by atoms with E-state index in [0.717, 1.165) is 25.7 Å². The van der Waals surface area contributed by atoms with Crippen LogP contribution < -0.4 is 5.32 Å². The van der Waals surface area contributed by atoms with E-state index in [9.17, 15) is 9.90 Å². The fourth-order valence-electron chi connectivity index (χ4n) is 3.30. The van der Waals surface area contributed by atoms with Crippen LogP contribution in [0.1, 0.15) is 45.4 Å². The van der Waals surface area contributed by atoms with Crippen molar-refractivity contribution >= 4 is 5.97 Å². The zero-order chi connectivity index (χ0) is 13.9. The lowest BCUT2D eigenvalue weighted by Gasteiger charge is -2.36. The number of rotatable bonds is 5. The minimum absolute atomic E-state index is 0.0364. The number of carboxylic acids is 1. The first kappa shape index (κ1) is 14.8. The van der Waals surface area contributed by atoms with Gasteiger partial charge in [-0.3, -0.25) is 0 Å². The molecule has 110 valence electrons. The Morgan fingerprint density at radius 1 is 1.42 bits per heavy atom. The highest BCUT2D eigenvalue weighted by atomic mass is 16.5. The molecule has 0 radical (unpaired) electrons. The van der Waals surface area contributed by atoms with Crippen LogP contribution in [0.3, 0.4) is 0 Å². The van der Waals surface area contributed by atoms with Crippen molar-refractivity contribution in [3.8, 4) is 0 Å². The Morgan fingerprint density at radius 3 is 2.84 bits per heavy atom. The second kappa shape index (κ2) is 6.20. The van der Waals surface area contributed by atoms with Crippen molar-refractivity contribution in [2.75, 3.05) is 13.1 Å². The molecule has 0 bridgehead atoms. The average Bonchev–Trinajstić information content (AvgIpc) is 2.77. The van der Waals surface area contributed by atoms with Gasteiger partial charge in [0.25, 0.3) is 0 Å². The molecule has 3 N–H and O–H groups in total. The van der Waals surface area contributed by atoms with Crippen molar-refractivity contribution in [3.63, 3.8) is 0 Å². The minimum Gasteiger partial charge on any atom is -0.479 e. The standard InChI is InChI=1S/C14H25NO4/c1-10-3-2-6-14(18,7-10)9-15-8-11-4-5-12(19-11)13(16)17/h10-12,15,18H,2-9H2,1H3,(H,16,17). The van der Waals surface area contributed by atoms with Gasteiger partial charge in [0, 0.05) is 13.1 Å². The lowest BCUT2D eigenvalue weighted by molar-refractivity contribution is -0.149. The van der Waals surface area contributed by atoms with Gasteiger partial charge >= 0.3 is 5.97 Å². The van der Waals surface area contributed by atoms with Gasteiger partial charge in [0.15, 0.2) is 6.10 Å². The first-order valence-corrected chi connectivity index (χ1v) is 7.30. The van der Waals surface area contributed by atoms with Crippen molar-refractivity contribution in [1.82, 2.24) is 5.32 Å². The van der Waals surface area contributed by atoms with Crippen LogP contribution in [-0.2, 0) is 9.53 Å². The van der Waals surface area contributed by atoms with E-state index in [4.69, 9.17) is 9.84 Å². The Hall–Kier alpha value is -0.650.